The summed E-state index contributed by atoms with van der Waals surface area (Å²) in [6.07, 6.45) is 7.52. The smallest absolute Gasteiger partial charge is 0.136 e. The normalized spacial score (nSPS) is 23.9. The molecule has 1 saturated heterocycles. The van der Waals surface area contributed by atoms with Gasteiger partial charge in [-0.05, 0) is 32.6 Å². The fraction of sp³-hybridized carbons (Fsp3) is 0.750. The molecule has 2 aliphatic rings. The Morgan fingerprint density at radius 1 is 1.15 bits per heavy atom. The van der Waals surface area contributed by atoms with Crippen molar-refractivity contribution in [1.82, 2.24) is 9.97 Å². The second kappa shape index (κ2) is 6.53. The molecule has 1 saturated carbocycles. The lowest BCUT2D eigenvalue weighted by molar-refractivity contribution is 0.0780. The van der Waals surface area contributed by atoms with Gasteiger partial charge in [-0.1, -0.05) is 12.8 Å². The summed E-state index contributed by atoms with van der Waals surface area (Å²) in [7, 11) is 0. The van der Waals surface area contributed by atoms with Crippen LogP contribution in [0.1, 0.15) is 68.8 Å². The third kappa shape index (κ3) is 3.11. The second-order valence-electron chi connectivity index (χ2n) is 5.96. The molecule has 0 spiro atoms. The van der Waals surface area contributed by atoms with Gasteiger partial charge in [0.15, 0.2) is 0 Å². The van der Waals surface area contributed by atoms with Crippen LogP contribution in [-0.4, -0.2) is 29.7 Å². The van der Waals surface area contributed by atoms with Crippen molar-refractivity contribution in [1.29, 1.82) is 0 Å². The molecule has 0 aromatic carbocycles. The van der Waals surface area contributed by atoms with E-state index in [1.54, 1.807) is 0 Å². The van der Waals surface area contributed by atoms with E-state index >= 15 is 0 Å². The highest BCUT2D eigenvalue weighted by Crippen LogP contribution is 2.35. The molecule has 1 aliphatic heterocycles. The van der Waals surface area contributed by atoms with Crippen LogP contribution in [0.4, 0.5) is 5.82 Å². The minimum Gasteiger partial charge on any atom is -0.381 e. The number of anilines is 1. The molecule has 2 heterocycles. The van der Waals surface area contributed by atoms with Crippen molar-refractivity contribution in [3.8, 4) is 0 Å². The topological polar surface area (TPSA) is 47.0 Å². The van der Waals surface area contributed by atoms with Crippen LogP contribution in [0, 0.1) is 0 Å². The summed E-state index contributed by atoms with van der Waals surface area (Å²) in [4.78, 5) is 9.61. The van der Waals surface area contributed by atoms with Crippen LogP contribution in [0.2, 0.25) is 0 Å². The highest BCUT2D eigenvalue weighted by molar-refractivity contribution is 5.37. The van der Waals surface area contributed by atoms with Crippen molar-refractivity contribution in [3.63, 3.8) is 0 Å². The number of nitrogens with one attached hydrogen (secondary N) is 1. The molecule has 1 N–H and O–H groups in total. The van der Waals surface area contributed by atoms with Crippen LogP contribution in [0.25, 0.3) is 0 Å². The fourth-order valence-electron chi connectivity index (χ4n) is 3.31. The first-order valence-electron chi connectivity index (χ1n) is 8.07. The summed E-state index contributed by atoms with van der Waals surface area (Å²) in [5.41, 5.74) is 1.24. The van der Waals surface area contributed by atoms with E-state index in [0.717, 1.165) is 44.2 Å². The lowest BCUT2D eigenvalue weighted by Crippen LogP contribution is -2.19. The monoisotopic (exact) mass is 275 g/mol. The molecule has 1 aromatic heterocycles. The second-order valence-corrected chi connectivity index (χ2v) is 5.96. The summed E-state index contributed by atoms with van der Waals surface area (Å²) < 4.78 is 5.60. The van der Waals surface area contributed by atoms with Crippen LogP contribution in [0.3, 0.4) is 0 Å². The molecule has 0 amide bonds. The lowest BCUT2D eigenvalue weighted by atomic mass is 9.99. The van der Waals surface area contributed by atoms with E-state index in [-0.39, 0.29) is 0 Å². The van der Waals surface area contributed by atoms with E-state index in [1.807, 2.05) is 0 Å². The number of hydrogen-bond acceptors (Lipinski definition) is 4. The van der Waals surface area contributed by atoms with Gasteiger partial charge in [-0.15, -0.1) is 0 Å². The SMILES string of the molecule is CCNc1cc(C2CCCC2)nc(C2CCCOC2)n1. The third-order valence-corrected chi connectivity index (χ3v) is 4.42. The predicted octanol–water partition coefficient (Wildman–Crippen LogP) is 3.46. The predicted molar refractivity (Wildman–Crippen MR) is 80.2 cm³/mol. The zero-order valence-electron chi connectivity index (χ0n) is 12.4. The number of rotatable bonds is 4. The van der Waals surface area contributed by atoms with Crippen molar-refractivity contribution in [2.45, 2.75) is 57.3 Å². The summed E-state index contributed by atoms with van der Waals surface area (Å²) in [6, 6.07) is 2.16. The minimum absolute atomic E-state index is 0.377. The van der Waals surface area contributed by atoms with Crippen molar-refractivity contribution in [2.75, 3.05) is 25.1 Å². The summed E-state index contributed by atoms with van der Waals surface area (Å²) in [6.45, 7) is 4.68. The molecular weight excluding hydrogens is 250 g/mol. The Hall–Kier alpha value is -1.16. The van der Waals surface area contributed by atoms with Gasteiger partial charge in [-0.2, -0.15) is 0 Å². The first-order valence-corrected chi connectivity index (χ1v) is 8.07. The van der Waals surface area contributed by atoms with Gasteiger partial charge in [0.1, 0.15) is 11.6 Å². The number of nitrogens with zero attached hydrogens (tertiary/aromatic N) is 2. The highest BCUT2D eigenvalue weighted by Gasteiger charge is 2.24. The van der Waals surface area contributed by atoms with Gasteiger partial charge in [-0.25, -0.2) is 9.97 Å². The number of hydrogen-bond donors (Lipinski definition) is 1. The number of aromatic nitrogens is 2. The van der Waals surface area contributed by atoms with E-state index in [0.29, 0.717) is 11.8 Å². The van der Waals surface area contributed by atoms with Gasteiger partial charge in [0, 0.05) is 36.7 Å². The molecule has 1 aromatic rings. The molecule has 4 heteroatoms. The van der Waals surface area contributed by atoms with Gasteiger partial charge < -0.3 is 10.1 Å². The first kappa shape index (κ1) is 13.8. The first-order chi connectivity index (χ1) is 9.86. The van der Waals surface area contributed by atoms with Gasteiger partial charge >= 0.3 is 0 Å². The molecule has 1 unspecified atom stereocenters. The highest BCUT2D eigenvalue weighted by atomic mass is 16.5. The van der Waals surface area contributed by atoms with Gasteiger partial charge in [0.05, 0.1) is 6.61 Å². The van der Waals surface area contributed by atoms with Gasteiger partial charge in [-0.3, -0.25) is 0 Å². The van der Waals surface area contributed by atoms with E-state index in [2.05, 4.69) is 18.3 Å². The van der Waals surface area contributed by atoms with Crippen LogP contribution >= 0.6 is 0 Å². The van der Waals surface area contributed by atoms with Crippen molar-refractivity contribution >= 4 is 5.82 Å². The van der Waals surface area contributed by atoms with E-state index in [1.165, 1.54) is 31.4 Å². The van der Waals surface area contributed by atoms with E-state index in [9.17, 15) is 0 Å². The van der Waals surface area contributed by atoms with E-state index < -0.39 is 0 Å². The Labute approximate surface area is 121 Å². The Morgan fingerprint density at radius 2 is 1.95 bits per heavy atom. The molecule has 110 valence electrons. The lowest BCUT2D eigenvalue weighted by Gasteiger charge is -2.22. The standard InChI is InChI=1S/C16H25N3O/c1-2-17-15-10-14(12-6-3-4-7-12)18-16(19-15)13-8-5-9-20-11-13/h10,12-13H,2-9,11H2,1H3,(H,17,18,19). The van der Waals surface area contributed by atoms with Crippen molar-refractivity contribution in [2.24, 2.45) is 0 Å². The van der Waals surface area contributed by atoms with Crippen LogP contribution in [0.15, 0.2) is 6.07 Å². The molecule has 3 rings (SSSR count). The minimum atomic E-state index is 0.377. The molecule has 0 radical (unpaired) electrons. The molecule has 20 heavy (non-hydrogen) atoms. The molecule has 1 aliphatic carbocycles. The maximum atomic E-state index is 5.60. The average molecular weight is 275 g/mol. The van der Waals surface area contributed by atoms with Crippen LogP contribution in [-0.2, 0) is 4.74 Å². The molecule has 4 nitrogen and oxygen atoms in total. The van der Waals surface area contributed by atoms with Crippen LogP contribution < -0.4 is 5.32 Å². The average Bonchev–Trinajstić information content (AvgIpc) is 3.02. The fourth-order valence-corrected chi connectivity index (χ4v) is 3.31. The number of ether oxygens (including phenoxy) is 1. The third-order valence-electron chi connectivity index (χ3n) is 4.42. The largest absolute Gasteiger partial charge is 0.381 e. The Bertz CT molecular complexity index is 437. The quantitative estimate of drug-likeness (QED) is 0.914. The van der Waals surface area contributed by atoms with Gasteiger partial charge in [0.25, 0.3) is 0 Å². The molecular formula is C16H25N3O. The zero-order valence-corrected chi connectivity index (χ0v) is 12.4. The van der Waals surface area contributed by atoms with Crippen LogP contribution in [0.5, 0.6) is 0 Å². The summed E-state index contributed by atoms with van der Waals surface area (Å²) in [5, 5.41) is 3.36. The molecule has 1 atom stereocenters. The molecule has 0 bridgehead atoms. The Kier molecular flexibility index (Phi) is 4.51. The van der Waals surface area contributed by atoms with Crippen molar-refractivity contribution in [3.05, 3.63) is 17.6 Å². The van der Waals surface area contributed by atoms with Gasteiger partial charge in [0.2, 0.25) is 0 Å². The Morgan fingerprint density at radius 3 is 2.65 bits per heavy atom. The molecule has 2 fully saturated rings. The Balaban J connectivity index is 1.86. The summed E-state index contributed by atoms with van der Waals surface area (Å²) in [5.74, 6) is 3.00. The summed E-state index contributed by atoms with van der Waals surface area (Å²) >= 11 is 0. The van der Waals surface area contributed by atoms with Crippen molar-refractivity contribution < 1.29 is 4.74 Å². The van der Waals surface area contributed by atoms with E-state index in [4.69, 9.17) is 14.7 Å². The zero-order chi connectivity index (χ0) is 13.8. The maximum absolute atomic E-state index is 5.60. The maximum Gasteiger partial charge on any atom is 0.136 e.